The number of carbonyl (C=O) groups is 1. The van der Waals surface area contributed by atoms with Gasteiger partial charge < -0.3 is 11.1 Å². The minimum Gasteiger partial charge on any atom is -0.370 e. The van der Waals surface area contributed by atoms with E-state index in [9.17, 15) is 4.79 Å². The fourth-order valence-electron chi connectivity index (χ4n) is 1.03. The number of hydrogen-bond donors (Lipinski definition) is 2. The van der Waals surface area contributed by atoms with E-state index in [4.69, 9.17) is 28.9 Å². The molecule has 15 heavy (non-hydrogen) atoms. The Labute approximate surface area is 97.0 Å². The van der Waals surface area contributed by atoms with Crippen molar-refractivity contribution in [2.75, 3.05) is 5.32 Å². The van der Waals surface area contributed by atoms with Gasteiger partial charge in [-0.15, -0.1) is 0 Å². The van der Waals surface area contributed by atoms with Crippen LogP contribution in [-0.2, 0) is 4.79 Å². The molecule has 1 aromatic rings. The van der Waals surface area contributed by atoms with Gasteiger partial charge in [-0.05, 0) is 18.5 Å². The van der Waals surface area contributed by atoms with E-state index in [-0.39, 0.29) is 17.7 Å². The molecular weight excluding hydrogens is 239 g/mol. The lowest BCUT2D eigenvalue weighted by atomic mass is 10.2. The predicted molar refractivity (Wildman–Crippen MR) is 58.9 cm³/mol. The van der Waals surface area contributed by atoms with Crippen LogP contribution in [0.3, 0.4) is 0 Å². The third-order valence-electron chi connectivity index (χ3n) is 1.61. The van der Waals surface area contributed by atoms with Gasteiger partial charge >= 0.3 is 0 Å². The zero-order valence-corrected chi connectivity index (χ0v) is 9.51. The van der Waals surface area contributed by atoms with Gasteiger partial charge in [-0.3, -0.25) is 4.79 Å². The van der Waals surface area contributed by atoms with Crippen LogP contribution < -0.4 is 11.1 Å². The molecule has 0 fully saturated rings. The Bertz CT molecular complexity index is 372. The average Bonchev–Trinajstić information content (AvgIpc) is 2.10. The number of primary amides is 1. The van der Waals surface area contributed by atoms with Gasteiger partial charge in [0, 0.05) is 12.5 Å². The zero-order chi connectivity index (χ0) is 11.4. The van der Waals surface area contributed by atoms with E-state index in [2.05, 4.69) is 15.3 Å². The second-order valence-corrected chi connectivity index (χ2v) is 3.80. The molecular formula is C8H10Cl2N4O. The zero-order valence-electron chi connectivity index (χ0n) is 8.00. The summed E-state index contributed by atoms with van der Waals surface area (Å²) in [6.07, 6.45) is 1.58. The van der Waals surface area contributed by atoms with Crippen molar-refractivity contribution in [1.29, 1.82) is 0 Å². The van der Waals surface area contributed by atoms with Crippen molar-refractivity contribution in [2.45, 2.75) is 19.4 Å². The lowest BCUT2D eigenvalue weighted by molar-refractivity contribution is -0.118. The Morgan fingerprint density at radius 1 is 1.67 bits per heavy atom. The summed E-state index contributed by atoms with van der Waals surface area (Å²) in [4.78, 5) is 18.2. The van der Waals surface area contributed by atoms with Gasteiger partial charge in [0.15, 0.2) is 0 Å². The highest BCUT2D eigenvalue weighted by molar-refractivity contribution is 6.33. The van der Waals surface area contributed by atoms with E-state index < -0.39 is 5.91 Å². The molecule has 1 aromatic heterocycles. The van der Waals surface area contributed by atoms with Crippen LogP contribution in [0.5, 0.6) is 0 Å². The first-order valence-corrected chi connectivity index (χ1v) is 4.97. The molecule has 0 aliphatic carbocycles. The maximum Gasteiger partial charge on any atom is 0.224 e. The van der Waals surface area contributed by atoms with Crippen LogP contribution in [0.2, 0.25) is 10.3 Å². The number of hydrogen-bond acceptors (Lipinski definition) is 4. The molecule has 0 spiro atoms. The fraction of sp³-hybridized carbons (Fsp3) is 0.375. The molecule has 7 heteroatoms. The topological polar surface area (TPSA) is 80.9 Å². The monoisotopic (exact) mass is 248 g/mol. The molecule has 0 saturated heterocycles. The van der Waals surface area contributed by atoms with Crippen molar-refractivity contribution in [3.05, 3.63) is 16.5 Å². The number of aromatic nitrogens is 2. The Morgan fingerprint density at radius 3 is 2.93 bits per heavy atom. The highest BCUT2D eigenvalue weighted by Crippen LogP contribution is 2.20. The molecule has 0 aliphatic heterocycles. The number of nitrogens with one attached hydrogen (secondary N) is 1. The number of amides is 1. The van der Waals surface area contributed by atoms with E-state index in [0.717, 1.165) is 0 Å². The van der Waals surface area contributed by atoms with Crippen molar-refractivity contribution >= 4 is 34.9 Å². The average molecular weight is 249 g/mol. The van der Waals surface area contributed by atoms with Crippen LogP contribution in [0.1, 0.15) is 13.3 Å². The quantitative estimate of drug-likeness (QED) is 0.791. The van der Waals surface area contributed by atoms with Crippen molar-refractivity contribution in [2.24, 2.45) is 5.73 Å². The third kappa shape index (κ3) is 3.89. The highest BCUT2D eigenvalue weighted by atomic mass is 35.5. The second-order valence-electron chi connectivity index (χ2n) is 3.05. The maximum atomic E-state index is 10.6. The first-order valence-electron chi connectivity index (χ1n) is 4.22. The van der Waals surface area contributed by atoms with Crippen molar-refractivity contribution in [3.63, 3.8) is 0 Å². The Kier molecular flexibility index (Phi) is 4.11. The lowest BCUT2D eigenvalue weighted by Gasteiger charge is -2.13. The molecule has 1 atom stereocenters. The summed E-state index contributed by atoms with van der Waals surface area (Å²) >= 11 is 11.4. The first kappa shape index (κ1) is 12.0. The van der Waals surface area contributed by atoms with Gasteiger partial charge in [0.1, 0.15) is 10.8 Å². The summed E-state index contributed by atoms with van der Waals surface area (Å²) in [7, 11) is 0. The highest BCUT2D eigenvalue weighted by Gasteiger charge is 2.10. The summed E-state index contributed by atoms with van der Waals surface area (Å²) in [5.74, 6) is -0.00306. The standard InChI is InChI=1S/C8H10Cl2N4O/c1-4(2-6(11)15)13-7-5(9)3-12-8(10)14-7/h3-4H,2H2,1H3,(H2,11,15)(H,12,13,14). The first-order chi connectivity index (χ1) is 6.99. The molecule has 1 unspecified atom stereocenters. The lowest BCUT2D eigenvalue weighted by Crippen LogP contribution is -2.24. The molecule has 0 aliphatic rings. The molecule has 3 N–H and O–H groups in total. The minimum absolute atomic E-state index is 0.0909. The van der Waals surface area contributed by atoms with Crippen LogP contribution in [0.25, 0.3) is 0 Å². The molecule has 0 aromatic carbocycles. The van der Waals surface area contributed by atoms with Crippen LogP contribution in [0.4, 0.5) is 5.82 Å². The summed E-state index contributed by atoms with van der Waals surface area (Å²) in [6.45, 7) is 1.79. The Morgan fingerprint density at radius 2 is 2.33 bits per heavy atom. The smallest absolute Gasteiger partial charge is 0.224 e. The number of rotatable bonds is 4. The number of carbonyl (C=O) groups excluding carboxylic acids is 1. The minimum atomic E-state index is -0.397. The maximum absolute atomic E-state index is 10.6. The van der Waals surface area contributed by atoms with Gasteiger partial charge in [0.25, 0.3) is 0 Å². The molecule has 0 bridgehead atoms. The number of anilines is 1. The van der Waals surface area contributed by atoms with Gasteiger partial charge in [0.2, 0.25) is 11.2 Å². The van der Waals surface area contributed by atoms with Crippen molar-refractivity contribution < 1.29 is 4.79 Å². The molecule has 0 saturated carbocycles. The largest absolute Gasteiger partial charge is 0.370 e. The van der Waals surface area contributed by atoms with Gasteiger partial charge in [-0.2, -0.15) is 4.98 Å². The summed E-state index contributed by atoms with van der Waals surface area (Å²) < 4.78 is 0. The molecule has 1 rings (SSSR count). The van der Waals surface area contributed by atoms with Crippen molar-refractivity contribution in [1.82, 2.24) is 9.97 Å². The summed E-state index contributed by atoms with van der Waals surface area (Å²) in [6, 6.07) is -0.161. The molecule has 0 radical (unpaired) electrons. The summed E-state index contributed by atoms with van der Waals surface area (Å²) in [5, 5.41) is 3.35. The molecule has 82 valence electrons. The van der Waals surface area contributed by atoms with Crippen LogP contribution in [0.15, 0.2) is 6.20 Å². The number of nitrogens with zero attached hydrogens (tertiary/aromatic N) is 2. The Hall–Kier alpha value is -1.07. The normalized spacial score (nSPS) is 12.2. The molecule has 1 amide bonds. The summed E-state index contributed by atoms with van der Waals surface area (Å²) in [5.41, 5.74) is 5.04. The third-order valence-corrected chi connectivity index (χ3v) is 2.06. The van der Waals surface area contributed by atoms with E-state index in [1.54, 1.807) is 6.92 Å². The molecule has 1 heterocycles. The van der Waals surface area contributed by atoms with Gasteiger partial charge in [-0.1, -0.05) is 11.6 Å². The van der Waals surface area contributed by atoms with E-state index in [1.807, 2.05) is 0 Å². The molecule has 5 nitrogen and oxygen atoms in total. The predicted octanol–water partition coefficient (Wildman–Crippen LogP) is 1.46. The van der Waals surface area contributed by atoms with E-state index in [1.165, 1.54) is 6.20 Å². The van der Waals surface area contributed by atoms with E-state index >= 15 is 0 Å². The SMILES string of the molecule is CC(CC(N)=O)Nc1nc(Cl)ncc1Cl. The van der Waals surface area contributed by atoms with Crippen LogP contribution in [0, 0.1) is 0 Å². The van der Waals surface area contributed by atoms with Crippen LogP contribution >= 0.6 is 23.2 Å². The van der Waals surface area contributed by atoms with Gasteiger partial charge in [-0.25, -0.2) is 4.98 Å². The fourth-order valence-corrected chi connectivity index (χ4v) is 1.31. The van der Waals surface area contributed by atoms with Crippen molar-refractivity contribution in [3.8, 4) is 0 Å². The van der Waals surface area contributed by atoms with Gasteiger partial charge in [0.05, 0.1) is 6.20 Å². The Balaban J connectivity index is 2.71. The van der Waals surface area contributed by atoms with Crippen LogP contribution in [-0.4, -0.2) is 21.9 Å². The van der Waals surface area contributed by atoms with E-state index in [0.29, 0.717) is 10.8 Å². The second kappa shape index (κ2) is 5.14. The number of halogens is 2. The number of nitrogens with two attached hydrogens (primary N) is 1.